The molecule has 2 rings (SSSR count). The lowest BCUT2D eigenvalue weighted by Crippen LogP contribution is -2.08. The second-order valence-corrected chi connectivity index (χ2v) is 4.50. The van der Waals surface area contributed by atoms with E-state index in [1.165, 1.54) is 0 Å². The molecule has 19 heavy (non-hydrogen) atoms. The molecule has 0 heterocycles. The number of hydrogen-bond acceptors (Lipinski definition) is 1. The topological polar surface area (TPSA) is 20.2 Å². The quantitative estimate of drug-likeness (QED) is 0.903. The maximum absolute atomic E-state index is 13.5. The molecular weight excluding hydrogens is 277 g/mol. The summed E-state index contributed by atoms with van der Waals surface area (Å²) in [6.07, 6.45) is -1.49. The Balaban J connectivity index is 2.31. The first-order valence-corrected chi connectivity index (χ1v) is 5.92. The lowest BCUT2D eigenvalue weighted by Gasteiger charge is -2.14. The fraction of sp³-hybridized carbons (Fsp3) is 0.143. The molecule has 2 aromatic carbocycles. The average Bonchev–Trinajstić information content (AvgIpc) is 2.30. The zero-order valence-electron chi connectivity index (χ0n) is 9.71. The zero-order valence-corrected chi connectivity index (χ0v) is 10.5. The Kier molecular flexibility index (Phi) is 4.12. The van der Waals surface area contributed by atoms with Crippen LogP contribution in [0.4, 0.5) is 13.2 Å². The molecule has 0 bridgehead atoms. The fourth-order valence-electron chi connectivity index (χ4n) is 1.85. The summed E-state index contributed by atoms with van der Waals surface area (Å²) in [5.41, 5.74) is 0.00103. The van der Waals surface area contributed by atoms with E-state index in [0.29, 0.717) is 22.7 Å². The Morgan fingerprint density at radius 2 is 1.63 bits per heavy atom. The minimum Gasteiger partial charge on any atom is -0.388 e. The van der Waals surface area contributed by atoms with Gasteiger partial charge in [0.2, 0.25) is 0 Å². The van der Waals surface area contributed by atoms with Crippen molar-refractivity contribution in [2.24, 2.45) is 0 Å². The SMILES string of the molecule is OC(Cc1ccccc1Cl)c1c(F)cc(F)cc1F. The largest absolute Gasteiger partial charge is 0.388 e. The van der Waals surface area contributed by atoms with Crippen molar-refractivity contribution in [3.8, 4) is 0 Å². The van der Waals surface area contributed by atoms with Gasteiger partial charge >= 0.3 is 0 Å². The van der Waals surface area contributed by atoms with Crippen molar-refractivity contribution in [1.29, 1.82) is 0 Å². The van der Waals surface area contributed by atoms with Gasteiger partial charge in [-0.1, -0.05) is 29.8 Å². The van der Waals surface area contributed by atoms with E-state index in [1.807, 2.05) is 0 Å². The normalized spacial score (nSPS) is 12.5. The van der Waals surface area contributed by atoms with Crippen molar-refractivity contribution >= 4 is 11.6 Å². The number of benzene rings is 2. The van der Waals surface area contributed by atoms with E-state index in [-0.39, 0.29) is 6.42 Å². The van der Waals surface area contributed by atoms with Crippen molar-refractivity contribution in [2.45, 2.75) is 12.5 Å². The first-order valence-electron chi connectivity index (χ1n) is 5.55. The third kappa shape index (κ3) is 3.08. The highest BCUT2D eigenvalue weighted by Crippen LogP contribution is 2.27. The van der Waals surface area contributed by atoms with Gasteiger partial charge in [-0.05, 0) is 11.6 Å². The van der Waals surface area contributed by atoms with Crippen LogP contribution in [0, 0.1) is 17.5 Å². The Morgan fingerprint density at radius 3 is 2.21 bits per heavy atom. The van der Waals surface area contributed by atoms with E-state index < -0.39 is 29.1 Å². The van der Waals surface area contributed by atoms with E-state index in [2.05, 4.69) is 0 Å². The monoisotopic (exact) mass is 286 g/mol. The lowest BCUT2D eigenvalue weighted by atomic mass is 10.0. The molecule has 0 aliphatic heterocycles. The molecule has 100 valence electrons. The lowest BCUT2D eigenvalue weighted by molar-refractivity contribution is 0.168. The Morgan fingerprint density at radius 1 is 1.05 bits per heavy atom. The Labute approximate surface area is 113 Å². The van der Waals surface area contributed by atoms with Gasteiger partial charge in [-0.15, -0.1) is 0 Å². The van der Waals surface area contributed by atoms with E-state index in [0.717, 1.165) is 0 Å². The molecule has 1 N–H and O–H groups in total. The molecule has 1 nitrogen and oxygen atoms in total. The van der Waals surface area contributed by atoms with E-state index in [9.17, 15) is 18.3 Å². The molecule has 0 aliphatic carbocycles. The molecule has 0 amide bonds. The molecular formula is C14H10ClF3O. The molecule has 0 radical (unpaired) electrons. The highest BCUT2D eigenvalue weighted by Gasteiger charge is 2.20. The van der Waals surface area contributed by atoms with Crippen LogP contribution < -0.4 is 0 Å². The summed E-state index contributed by atoms with van der Waals surface area (Å²) < 4.78 is 39.8. The van der Waals surface area contributed by atoms with Gasteiger partial charge in [0, 0.05) is 23.6 Å². The maximum atomic E-state index is 13.5. The molecule has 1 unspecified atom stereocenters. The van der Waals surface area contributed by atoms with Crippen LogP contribution in [0.5, 0.6) is 0 Å². The van der Waals surface area contributed by atoms with Crippen LogP contribution in [0.3, 0.4) is 0 Å². The van der Waals surface area contributed by atoms with Crippen LogP contribution in [-0.4, -0.2) is 5.11 Å². The fourth-order valence-corrected chi connectivity index (χ4v) is 2.06. The molecule has 0 saturated carbocycles. The third-order valence-corrected chi connectivity index (χ3v) is 3.12. The van der Waals surface area contributed by atoms with Gasteiger partial charge in [-0.2, -0.15) is 0 Å². The number of hydrogen-bond donors (Lipinski definition) is 1. The first-order chi connectivity index (χ1) is 8.99. The van der Waals surface area contributed by atoms with Gasteiger partial charge in [0.05, 0.1) is 11.7 Å². The minimum absolute atomic E-state index is 0.0564. The summed E-state index contributed by atoms with van der Waals surface area (Å²) in [6.45, 7) is 0. The van der Waals surface area contributed by atoms with Crippen LogP contribution in [-0.2, 0) is 6.42 Å². The van der Waals surface area contributed by atoms with Crippen LogP contribution in [0.1, 0.15) is 17.2 Å². The first kappa shape index (κ1) is 13.9. The van der Waals surface area contributed by atoms with E-state index in [4.69, 9.17) is 11.6 Å². The van der Waals surface area contributed by atoms with Gasteiger partial charge in [0.15, 0.2) is 0 Å². The second-order valence-electron chi connectivity index (χ2n) is 4.09. The molecule has 0 saturated heterocycles. The zero-order chi connectivity index (χ0) is 14.0. The predicted molar refractivity (Wildman–Crippen MR) is 66.4 cm³/mol. The average molecular weight is 287 g/mol. The standard InChI is InChI=1S/C14H10ClF3O/c15-10-4-2-1-3-8(10)5-13(19)14-11(17)6-9(16)7-12(14)18/h1-4,6-7,13,19H,5H2. The van der Waals surface area contributed by atoms with Crippen LogP contribution >= 0.6 is 11.6 Å². The summed E-state index contributed by atoms with van der Waals surface area (Å²) in [5, 5.41) is 10.3. The van der Waals surface area contributed by atoms with Crippen LogP contribution in [0.25, 0.3) is 0 Å². The van der Waals surface area contributed by atoms with Crippen molar-refractivity contribution in [1.82, 2.24) is 0 Å². The van der Waals surface area contributed by atoms with Crippen LogP contribution in [0.2, 0.25) is 5.02 Å². The molecule has 0 spiro atoms. The van der Waals surface area contributed by atoms with Crippen molar-refractivity contribution in [3.05, 3.63) is 70.0 Å². The van der Waals surface area contributed by atoms with Crippen molar-refractivity contribution in [3.63, 3.8) is 0 Å². The van der Waals surface area contributed by atoms with E-state index in [1.54, 1.807) is 24.3 Å². The highest BCUT2D eigenvalue weighted by molar-refractivity contribution is 6.31. The second kappa shape index (κ2) is 5.63. The van der Waals surface area contributed by atoms with E-state index >= 15 is 0 Å². The van der Waals surface area contributed by atoms with Gasteiger partial charge < -0.3 is 5.11 Å². The van der Waals surface area contributed by atoms with Gasteiger partial charge in [-0.3, -0.25) is 0 Å². The summed E-state index contributed by atoms with van der Waals surface area (Å²) >= 11 is 5.90. The third-order valence-electron chi connectivity index (χ3n) is 2.75. The Hall–Kier alpha value is -1.52. The minimum atomic E-state index is -1.43. The highest BCUT2D eigenvalue weighted by atomic mass is 35.5. The smallest absolute Gasteiger partial charge is 0.134 e. The van der Waals surface area contributed by atoms with Gasteiger partial charge in [0.25, 0.3) is 0 Å². The number of rotatable bonds is 3. The molecule has 0 aromatic heterocycles. The molecule has 5 heteroatoms. The number of halogens is 4. The molecule has 2 aromatic rings. The summed E-state index contributed by atoms with van der Waals surface area (Å²) in [5.74, 6) is -3.25. The van der Waals surface area contributed by atoms with Crippen LogP contribution in [0.15, 0.2) is 36.4 Å². The van der Waals surface area contributed by atoms with Gasteiger partial charge in [0.1, 0.15) is 17.5 Å². The van der Waals surface area contributed by atoms with Crippen molar-refractivity contribution < 1.29 is 18.3 Å². The Bertz CT molecular complexity index is 578. The number of aliphatic hydroxyl groups excluding tert-OH is 1. The summed E-state index contributed by atoms with van der Waals surface area (Å²) in [7, 11) is 0. The maximum Gasteiger partial charge on any atom is 0.134 e. The molecule has 0 fully saturated rings. The molecule has 0 aliphatic rings. The summed E-state index contributed by atoms with van der Waals surface area (Å²) in [4.78, 5) is 0. The molecule has 1 atom stereocenters. The summed E-state index contributed by atoms with van der Waals surface area (Å²) in [6, 6.07) is 7.73. The van der Waals surface area contributed by atoms with Gasteiger partial charge in [-0.25, -0.2) is 13.2 Å². The number of aliphatic hydroxyl groups is 1. The van der Waals surface area contributed by atoms with Crippen molar-refractivity contribution in [2.75, 3.05) is 0 Å². The predicted octanol–water partition coefficient (Wildman–Crippen LogP) is 4.03.